The van der Waals surface area contributed by atoms with Gasteiger partial charge in [-0.2, -0.15) is 4.39 Å². The maximum Gasteiger partial charge on any atom is 0.327 e. The Kier molecular flexibility index (Phi) is 4.16. The molecule has 1 N–H and O–H groups in total. The molecule has 1 aromatic rings. The largest absolute Gasteiger partial charge is 0.364 e. The minimum atomic E-state index is -0.839. The summed E-state index contributed by atoms with van der Waals surface area (Å²) < 4.78 is 13.6. The van der Waals surface area contributed by atoms with Gasteiger partial charge in [0, 0.05) is 26.1 Å². The molecule has 1 aliphatic heterocycles. The number of hydrogen-bond donors (Lipinski definition) is 1. The normalized spacial score (nSPS) is 18.7. The Morgan fingerprint density at radius 1 is 1.55 bits per heavy atom. The lowest BCUT2D eigenvalue weighted by atomic mass is 10.0. The van der Waals surface area contributed by atoms with Crippen LogP contribution in [0.1, 0.15) is 19.8 Å². The Morgan fingerprint density at radius 3 is 2.95 bits per heavy atom. The van der Waals surface area contributed by atoms with E-state index >= 15 is 0 Å². The maximum absolute atomic E-state index is 13.6. The lowest BCUT2D eigenvalue weighted by molar-refractivity contribution is -0.386. The minimum absolute atomic E-state index is 0.0656. The van der Waals surface area contributed by atoms with Crippen molar-refractivity contribution in [2.24, 2.45) is 0 Å². The molecule has 1 heterocycles. The van der Waals surface area contributed by atoms with Crippen molar-refractivity contribution >= 4 is 17.3 Å². The molecule has 0 radical (unpaired) electrons. The van der Waals surface area contributed by atoms with Crippen LogP contribution in [0.3, 0.4) is 0 Å². The summed E-state index contributed by atoms with van der Waals surface area (Å²) in [5.41, 5.74) is -0.235. The van der Waals surface area contributed by atoms with E-state index in [4.69, 9.17) is 0 Å². The highest BCUT2D eigenvalue weighted by atomic mass is 19.1. The number of carbonyl (C=O) groups is 1. The Hall–Kier alpha value is -2.18. The first-order valence-electron chi connectivity index (χ1n) is 6.44. The van der Waals surface area contributed by atoms with Gasteiger partial charge in [0.15, 0.2) is 0 Å². The Bertz CT molecular complexity index is 536. The number of hydrogen-bond acceptors (Lipinski definition) is 4. The van der Waals surface area contributed by atoms with E-state index in [2.05, 4.69) is 5.32 Å². The molecule has 0 spiro atoms. The van der Waals surface area contributed by atoms with Crippen molar-refractivity contribution < 1.29 is 14.1 Å². The molecule has 1 fully saturated rings. The molecular weight excluding hydrogens is 265 g/mol. The first-order chi connectivity index (χ1) is 9.49. The third-order valence-corrected chi connectivity index (χ3v) is 3.32. The summed E-state index contributed by atoms with van der Waals surface area (Å²) in [6.45, 7) is 2.49. The first kappa shape index (κ1) is 14.2. The third-order valence-electron chi connectivity index (χ3n) is 3.32. The lowest BCUT2D eigenvalue weighted by Gasteiger charge is -2.34. The molecule has 0 aliphatic carbocycles. The van der Waals surface area contributed by atoms with Crippen molar-refractivity contribution in [2.45, 2.75) is 25.8 Å². The predicted octanol–water partition coefficient (Wildman–Crippen LogP) is 1.84. The van der Waals surface area contributed by atoms with Gasteiger partial charge in [0.2, 0.25) is 11.7 Å². The Labute approximate surface area is 115 Å². The fourth-order valence-corrected chi connectivity index (χ4v) is 2.54. The van der Waals surface area contributed by atoms with Crippen molar-refractivity contribution in [1.29, 1.82) is 0 Å². The molecule has 7 heteroatoms. The van der Waals surface area contributed by atoms with Crippen LogP contribution >= 0.6 is 0 Å². The van der Waals surface area contributed by atoms with E-state index < -0.39 is 16.4 Å². The van der Waals surface area contributed by atoms with E-state index in [0.29, 0.717) is 13.1 Å². The van der Waals surface area contributed by atoms with Gasteiger partial charge >= 0.3 is 5.69 Å². The van der Waals surface area contributed by atoms with Gasteiger partial charge in [-0.05, 0) is 25.0 Å². The average molecular weight is 281 g/mol. The molecule has 20 heavy (non-hydrogen) atoms. The molecule has 0 bridgehead atoms. The average Bonchev–Trinajstić information content (AvgIpc) is 2.37. The molecule has 2 rings (SSSR count). The van der Waals surface area contributed by atoms with Crippen molar-refractivity contribution in [3.63, 3.8) is 0 Å². The number of nitro groups is 1. The highest BCUT2D eigenvalue weighted by Crippen LogP contribution is 2.32. The van der Waals surface area contributed by atoms with Gasteiger partial charge in [-0.3, -0.25) is 14.9 Å². The van der Waals surface area contributed by atoms with Crippen LogP contribution in [0.2, 0.25) is 0 Å². The zero-order valence-corrected chi connectivity index (χ0v) is 11.1. The van der Waals surface area contributed by atoms with E-state index in [1.807, 2.05) is 0 Å². The number of benzene rings is 1. The zero-order chi connectivity index (χ0) is 14.7. The molecular formula is C13H16FN3O3. The summed E-state index contributed by atoms with van der Waals surface area (Å²) in [5, 5.41) is 13.8. The number of para-hydroxylation sites is 1. The van der Waals surface area contributed by atoms with Gasteiger partial charge in [-0.25, -0.2) is 0 Å². The fourth-order valence-electron chi connectivity index (χ4n) is 2.54. The molecule has 1 unspecified atom stereocenters. The molecule has 1 aromatic carbocycles. The number of rotatable bonds is 3. The van der Waals surface area contributed by atoms with Crippen LogP contribution in [0.4, 0.5) is 15.8 Å². The number of nitrogens with zero attached hydrogens (tertiary/aromatic N) is 2. The minimum Gasteiger partial charge on any atom is -0.364 e. The van der Waals surface area contributed by atoms with Crippen molar-refractivity contribution in [3.8, 4) is 0 Å². The van der Waals surface area contributed by atoms with Gasteiger partial charge in [-0.15, -0.1) is 0 Å². The SMILES string of the molecule is CC(=O)NC1CCCN(c2cccc(F)c2[N+](=O)[O-])C1. The Balaban J connectivity index is 2.25. The first-order valence-corrected chi connectivity index (χ1v) is 6.44. The summed E-state index contributed by atoms with van der Waals surface area (Å²) in [5.74, 6) is -0.972. The van der Waals surface area contributed by atoms with E-state index in [0.717, 1.165) is 18.9 Å². The van der Waals surface area contributed by atoms with Crippen LogP contribution < -0.4 is 10.2 Å². The highest BCUT2D eigenvalue weighted by molar-refractivity contribution is 5.73. The number of nitro benzene ring substituents is 1. The summed E-state index contributed by atoms with van der Waals surface area (Å²) in [6, 6.07) is 4.01. The summed E-state index contributed by atoms with van der Waals surface area (Å²) in [4.78, 5) is 23.2. The van der Waals surface area contributed by atoms with Crippen LogP contribution in [0.15, 0.2) is 18.2 Å². The van der Waals surface area contributed by atoms with E-state index in [1.165, 1.54) is 19.1 Å². The topological polar surface area (TPSA) is 75.5 Å². The fraction of sp³-hybridized carbons (Fsp3) is 0.462. The second-order valence-electron chi connectivity index (χ2n) is 4.85. The molecule has 0 aromatic heterocycles. The van der Waals surface area contributed by atoms with E-state index in [1.54, 1.807) is 4.90 Å². The summed E-state index contributed by atoms with van der Waals surface area (Å²) in [7, 11) is 0. The van der Waals surface area contributed by atoms with Crippen molar-refractivity contribution in [2.75, 3.05) is 18.0 Å². The number of piperidine rings is 1. The molecule has 6 nitrogen and oxygen atoms in total. The smallest absolute Gasteiger partial charge is 0.327 e. The van der Waals surface area contributed by atoms with Crippen LogP contribution in [0, 0.1) is 15.9 Å². The van der Waals surface area contributed by atoms with Crippen LogP contribution in [-0.2, 0) is 4.79 Å². The standard InChI is InChI=1S/C13H16FN3O3/c1-9(18)15-10-4-3-7-16(8-10)12-6-2-5-11(14)13(12)17(19)20/h2,5-6,10H,3-4,7-8H2,1H3,(H,15,18). The number of anilines is 1. The molecule has 108 valence electrons. The van der Waals surface area contributed by atoms with Crippen LogP contribution in [-0.4, -0.2) is 30.0 Å². The molecule has 1 atom stereocenters. The summed E-state index contributed by atoms with van der Waals surface area (Å²) >= 11 is 0. The molecule has 1 amide bonds. The Morgan fingerprint density at radius 2 is 2.30 bits per heavy atom. The zero-order valence-electron chi connectivity index (χ0n) is 11.1. The van der Waals surface area contributed by atoms with Gasteiger partial charge in [0.05, 0.1) is 4.92 Å². The second-order valence-corrected chi connectivity index (χ2v) is 4.85. The lowest BCUT2D eigenvalue weighted by Crippen LogP contribution is -2.47. The van der Waals surface area contributed by atoms with Crippen molar-refractivity contribution in [1.82, 2.24) is 5.32 Å². The van der Waals surface area contributed by atoms with Crippen molar-refractivity contribution in [3.05, 3.63) is 34.1 Å². The quantitative estimate of drug-likeness (QED) is 0.677. The number of amides is 1. The van der Waals surface area contributed by atoms with Crippen LogP contribution in [0.5, 0.6) is 0 Å². The van der Waals surface area contributed by atoms with Crippen LogP contribution in [0.25, 0.3) is 0 Å². The third kappa shape index (κ3) is 3.04. The predicted molar refractivity (Wildman–Crippen MR) is 72.1 cm³/mol. The van der Waals surface area contributed by atoms with Gasteiger partial charge in [-0.1, -0.05) is 6.07 Å². The molecule has 1 aliphatic rings. The van der Waals surface area contributed by atoms with Gasteiger partial charge in [0.25, 0.3) is 0 Å². The maximum atomic E-state index is 13.6. The monoisotopic (exact) mass is 281 g/mol. The number of nitrogens with one attached hydrogen (secondary N) is 1. The van der Waals surface area contributed by atoms with E-state index in [-0.39, 0.29) is 17.6 Å². The van der Waals surface area contributed by atoms with Gasteiger partial charge < -0.3 is 10.2 Å². The second kappa shape index (κ2) is 5.85. The number of halogens is 1. The number of carbonyl (C=O) groups excluding carboxylic acids is 1. The molecule has 1 saturated heterocycles. The summed E-state index contributed by atoms with van der Waals surface area (Å²) in [6.07, 6.45) is 1.61. The van der Waals surface area contributed by atoms with Gasteiger partial charge in [0.1, 0.15) is 5.69 Å². The molecule has 0 saturated carbocycles. The highest BCUT2D eigenvalue weighted by Gasteiger charge is 2.28. The van der Waals surface area contributed by atoms with E-state index in [9.17, 15) is 19.3 Å².